The number of ether oxygens (including phenoxy) is 1. The van der Waals surface area contributed by atoms with Gasteiger partial charge >= 0.3 is 0 Å². The number of nitro groups is 1. The van der Waals surface area contributed by atoms with Gasteiger partial charge in [0.05, 0.1) is 17.6 Å². The molecule has 1 N–H and O–H groups in total. The van der Waals surface area contributed by atoms with Crippen LogP contribution in [0.4, 0.5) is 11.4 Å². The van der Waals surface area contributed by atoms with Crippen LogP contribution in [-0.4, -0.2) is 28.5 Å². The van der Waals surface area contributed by atoms with Crippen molar-refractivity contribution in [2.24, 2.45) is 0 Å². The summed E-state index contributed by atoms with van der Waals surface area (Å²) in [6.07, 6.45) is 0. The molecule has 1 amide bonds. The molecule has 0 fully saturated rings. The third-order valence-corrected chi connectivity index (χ3v) is 4.94. The van der Waals surface area contributed by atoms with Gasteiger partial charge in [0.15, 0.2) is 11.6 Å². The van der Waals surface area contributed by atoms with Crippen LogP contribution in [0.2, 0.25) is 0 Å². The Morgan fingerprint density at radius 3 is 2.66 bits per heavy atom. The fourth-order valence-electron chi connectivity index (χ4n) is 2.29. The third kappa shape index (κ3) is 4.63. The van der Waals surface area contributed by atoms with Crippen molar-refractivity contribution in [2.45, 2.75) is 17.2 Å². The van der Waals surface area contributed by atoms with Gasteiger partial charge in [0.2, 0.25) is 11.6 Å². The van der Waals surface area contributed by atoms with Crippen molar-refractivity contribution in [3.63, 3.8) is 0 Å². The minimum Gasteiger partial charge on any atom is -0.538 e. The molecule has 2 aromatic carbocycles. The highest BCUT2D eigenvalue weighted by Gasteiger charge is 2.26. The zero-order valence-corrected chi connectivity index (χ0v) is 16.1. The number of non-ortho nitro benzene ring substituents is 1. The summed E-state index contributed by atoms with van der Waals surface area (Å²) in [6, 6.07) is 13.2. The van der Waals surface area contributed by atoms with E-state index in [2.05, 4.69) is 16.7 Å². The summed E-state index contributed by atoms with van der Waals surface area (Å²) in [5, 5.41) is 28.5. The summed E-state index contributed by atoms with van der Waals surface area (Å²) < 4.78 is 11.1. The number of benzene rings is 2. The average Bonchev–Trinajstić information content (AvgIpc) is 3.08. The lowest BCUT2D eigenvalue weighted by molar-refractivity contribution is -0.705. The highest BCUT2D eigenvalue weighted by atomic mass is 32.2. The van der Waals surface area contributed by atoms with Crippen molar-refractivity contribution in [1.29, 1.82) is 0 Å². The Bertz CT molecular complexity index is 1020. The van der Waals surface area contributed by atoms with Gasteiger partial charge in [-0.05, 0) is 35.5 Å². The smallest absolute Gasteiger partial charge is 0.298 e. The quantitative estimate of drug-likeness (QED) is 0.203. The van der Waals surface area contributed by atoms with Gasteiger partial charge in [-0.1, -0.05) is 17.8 Å². The molecule has 29 heavy (non-hydrogen) atoms. The van der Waals surface area contributed by atoms with Gasteiger partial charge in [-0.25, -0.2) is 0 Å². The largest absolute Gasteiger partial charge is 0.538 e. The lowest BCUT2D eigenvalue weighted by Gasteiger charge is -2.13. The second-order valence-electron chi connectivity index (χ2n) is 5.74. The first-order valence-electron chi connectivity index (χ1n) is 8.26. The molecular formula is C18H15N4O6S-. The molecule has 1 heterocycles. The lowest BCUT2D eigenvalue weighted by Crippen LogP contribution is -2.36. The summed E-state index contributed by atoms with van der Waals surface area (Å²) in [4.78, 5) is 22.6. The van der Waals surface area contributed by atoms with Crippen LogP contribution in [0.25, 0.3) is 5.69 Å². The van der Waals surface area contributed by atoms with Gasteiger partial charge in [-0.2, -0.15) is 6.07 Å². The molecule has 0 aliphatic rings. The molecule has 3 rings (SSSR count). The number of aromatic nitrogens is 2. The van der Waals surface area contributed by atoms with E-state index >= 15 is 0 Å². The Hall–Kier alpha value is -3.60. The topological polar surface area (TPSA) is 134 Å². The minimum atomic E-state index is -0.685. The normalized spacial score (nSPS) is 11.7. The zero-order chi connectivity index (χ0) is 21.0. The molecule has 0 saturated heterocycles. The Kier molecular flexibility index (Phi) is 5.98. The van der Waals surface area contributed by atoms with E-state index in [1.54, 1.807) is 31.2 Å². The van der Waals surface area contributed by atoms with Gasteiger partial charge in [-0.3, -0.25) is 14.9 Å². The van der Waals surface area contributed by atoms with E-state index in [9.17, 15) is 20.0 Å². The van der Waals surface area contributed by atoms with E-state index in [4.69, 9.17) is 9.26 Å². The van der Waals surface area contributed by atoms with Gasteiger partial charge < -0.3 is 19.7 Å². The van der Waals surface area contributed by atoms with Crippen molar-refractivity contribution >= 4 is 29.0 Å². The minimum absolute atomic E-state index is 0.130. The second kappa shape index (κ2) is 8.61. The molecule has 10 nitrogen and oxygen atoms in total. The number of amides is 1. The van der Waals surface area contributed by atoms with Crippen LogP contribution in [0.15, 0.2) is 52.0 Å². The lowest BCUT2D eigenvalue weighted by atomic mass is 10.3. The van der Waals surface area contributed by atoms with Crippen LogP contribution in [0.3, 0.4) is 0 Å². The molecule has 0 aliphatic carbocycles. The number of nitro benzene ring substituents is 1. The third-order valence-electron chi connectivity index (χ3n) is 3.81. The summed E-state index contributed by atoms with van der Waals surface area (Å²) in [7, 11) is 1.54. The van der Waals surface area contributed by atoms with E-state index in [0.29, 0.717) is 11.4 Å². The highest BCUT2D eigenvalue weighted by molar-refractivity contribution is 8.00. The molecule has 1 unspecified atom stereocenters. The van der Waals surface area contributed by atoms with E-state index in [0.717, 1.165) is 11.8 Å². The first-order chi connectivity index (χ1) is 13.9. The summed E-state index contributed by atoms with van der Waals surface area (Å²) in [6.45, 7) is 1.61. The Labute approximate surface area is 169 Å². The molecule has 1 atom stereocenters. The van der Waals surface area contributed by atoms with Crippen LogP contribution >= 0.6 is 11.8 Å². The summed E-state index contributed by atoms with van der Waals surface area (Å²) in [5.41, 5.74) is 0.714. The van der Waals surface area contributed by atoms with Crippen molar-refractivity contribution in [1.82, 2.24) is 5.27 Å². The number of nitrogens with zero attached hydrogens (tertiary/aromatic N) is 3. The Balaban J connectivity index is 1.72. The Morgan fingerprint density at radius 1 is 1.34 bits per heavy atom. The maximum atomic E-state index is 12.4. The van der Waals surface area contributed by atoms with E-state index in [-0.39, 0.29) is 16.4 Å². The predicted molar refractivity (Wildman–Crippen MR) is 99.9 cm³/mol. The van der Waals surface area contributed by atoms with Crippen molar-refractivity contribution in [3.05, 3.63) is 58.6 Å². The number of hydrogen-bond acceptors (Lipinski definition) is 8. The molecule has 150 valence electrons. The van der Waals surface area contributed by atoms with Crippen LogP contribution in [-0.2, 0) is 4.79 Å². The molecule has 0 bridgehead atoms. The fraction of sp³-hybridized carbons (Fsp3) is 0.167. The number of carbonyl (C=O) groups excluding carboxylic acids is 1. The number of methoxy groups -OCH3 is 1. The summed E-state index contributed by atoms with van der Waals surface area (Å²) in [5.74, 6) is -0.448. The zero-order valence-electron chi connectivity index (χ0n) is 15.3. The summed E-state index contributed by atoms with van der Waals surface area (Å²) >= 11 is 0.972. The number of rotatable bonds is 7. The van der Waals surface area contributed by atoms with Crippen molar-refractivity contribution in [3.8, 4) is 17.4 Å². The maximum Gasteiger partial charge on any atom is 0.298 e. The number of nitrogens with one attached hydrogen (secondary N) is 1. The van der Waals surface area contributed by atoms with Gasteiger partial charge in [0, 0.05) is 17.1 Å². The van der Waals surface area contributed by atoms with E-state index in [1.807, 2.05) is 0 Å². The van der Waals surface area contributed by atoms with Crippen LogP contribution in [0.1, 0.15) is 6.92 Å². The number of anilines is 1. The van der Waals surface area contributed by atoms with Gasteiger partial charge in [-0.15, -0.1) is 6.07 Å². The number of carbonyl (C=O) groups is 1. The van der Waals surface area contributed by atoms with Crippen molar-refractivity contribution in [2.75, 3.05) is 12.4 Å². The van der Waals surface area contributed by atoms with E-state index < -0.39 is 22.0 Å². The molecule has 0 aliphatic heterocycles. The molecule has 0 spiro atoms. The van der Waals surface area contributed by atoms with E-state index in [1.165, 1.54) is 30.0 Å². The number of hydrogen-bond donors (Lipinski definition) is 1. The van der Waals surface area contributed by atoms with Crippen LogP contribution < -0.4 is 19.8 Å². The molecule has 0 saturated carbocycles. The molecule has 11 heteroatoms. The predicted octanol–water partition coefficient (Wildman–Crippen LogP) is 1.86. The second-order valence-corrected chi connectivity index (χ2v) is 7.07. The first-order valence-corrected chi connectivity index (χ1v) is 9.14. The Morgan fingerprint density at radius 2 is 2.07 bits per heavy atom. The standard InChI is InChI=1S/C18H16N4O6S/c1-11(16(23)19-12-3-5-14(6-4-12)22(25)26)29-17-18(24)28-20-21(17)13-7-9-15(27-2)10-8-13/h3,5-11,24H,1-2H3,(H,19,23)/p-1. The fourth-order valence-corrected chi connectivity index (χ4v) is 3.16. The maximum absolute atomic E-state index is 12.4. The van der Waals surface area contributed by atoms with Gasteiger partial charge in [0.25, 0.3) is 5.03 Å². The van der Waals surface area contributed by atoms with Crippen LogP contribution in [0, 0.1) is 16.2 Å². The molecule has 0 radical (unpaired) electrons. The molecular weight excluding hydrogens is 400 g/mol. The van der Waals surface area contributed by atoms with Crippen LogP contribution in [0.5, 0.6) is 11.7 Å². The average molecular weight is 415 g/mol. The van der Waals surface area contributed by atoms with Gasteiger partial charge in [0.1, 0.15) is 5.75 Å². The molecule has 3 aromatic rings. The molecule has 1 aromatic heterocycles. The monoisotopic (exact) mass is 415 g/mol. The first kappa shape index (κ1) is 20.1. The van der Waals surface area contributed by atoms with Crippen molar-refractivity contribution < 1.29 is 28.8 Å². The number of thioether (sulfide) groups is 1. The highest BCUT2D eigenvalue weighted by Crippen LogP contribution is 2.28. The SMILES string of the molecule is COc1ccc(-[n+]2noc([O-])c2SC(C)C(=O)Nc2[c-]cc([N+](=O)[O-])cc2)cc1.